The number of aliphatic hydroxyl groups is 1. The van der Waals surface area contributed by atoms with E-state index in [1.54, 1.807) is 45.0 Å². The molecule has 0 aliphatic rings. The summed E-state index contributed by atoms with van der Waals surface area (Å²) < 4.78 is 5.20. The van der Waals surface area contributed by atoms with Crippen LogP contribution in [0.15, 0.2) is 24.3 Å². The first-order valence-corrected chi connectivity index (χ1v) is 11.2. The summed E-state index contributed by atoms with van der Waals surface area (Å²) in [4.78, 5) is 37.1. The molecule has 0 aliphatic heterocycles. The zero-order valence-corrected chi connectivity index (χ0v) is 19.9. The van der Waals surface area contributed by atoms with Crippen LogP contribution < -0.4 is 16.4 Å². The zero-order chi connectivity index (χ0) is 24.3. The molecule has 32 heavy (non-hydrogen) atoms. The minimum Gasteiger partial charge on any atom is -0.444 e. The van der Waals surface area contributed by atoms with Gasteiger partial charge in [0.05, 0.1) is 12.6 Å². The van der Waals surface area contributed by atoms with Crippen molar-refractivity contribution in [1.29, 1.82) is 0 Å². The first kappa shape index (κ1) is 27.6. The molecular formula is C24H39N3O5. The average molecular weight is 450 g/mol. The summed E-state index contributed by atoms with van der Waals surface area (Å²) in [5.74, 6) is -0.907. The third kappa shape index (κ3) is 10.7. The van der Waals surface area contributed by atoms with Crippen LogP contribution in [0.4, 0.5) is 10.5 Å². The fourth-order valence-electron chi connectivity index (χ4n) is 3.03. The number of rotatable bonds is 12. The van der Waals surface area contributed by atoms with Gasteiger partial charge in [0.1, 0.15) is 5.60 Å². The van der Waals surface area contributed by atoms with Crippen LogP contribution in [0.5, 0.6) is 0 Å². The average Bonchev–Trinajstić information content (AvgIpc) is 2.70. The van der Waals surface area contributed by atoms with E-state index in [0.29, 0.717) is 31.5 Å². The summed E-state index contributed by atoms with van der Waals surface area (Å²) in [5, 5.41) is 14.7. The fraction of sp³-hybridized carbons (Fsp3) is 0.625. The van der Waals surface area contributed by atoms with Gasteiger partial charge in [-0.25, -0.2) is 4.79 Å². The SMILES string of the molecule is CC(C)[C@H](N)C(=O)C[C@@H](CCCCNC(=O)OC(C)(C)C)C(=O)Nc1ccc(CO)cc1. The van der Waals surface area contributed by atoms with Crippen molar-refractivity contribution in [2.75, 3.05) is 11.9 Å². The number of anilines is 1. The Kier molecular flexibility index (Phi) is 11.4. The molecule has 5 N–H and O–H groups in total. The normalized spacial score (nSPS) is 13.4. The smallest absolute Gasteiger partial charge is 0.407 e. The number of benzene rings is 1. The van der Waals surface area contributed by atoms with Crippen LogP contribution in [0.1, 0.15) is 65.9 Å². The van der Waals surface area contributed by atoms with E-state index in [-0.39, 0.29) is 30.6 Å². The number of Topliss-reactive ketones (excluding diaryl/α,β-unsaturated/α-hetero) is 1. The maximum absolute atomic E-state index is 12.9. The molecule has 1 aromatic carbocycles. The highest BCUT2D eigenvalue weighted by Gasteiger charge is 2.26. The molecule has 0 saturated heterocycles. The maximum atomic E-state index is 12.9. The van der Waals surface area contributed by atoms with Crippen molar-refractivity contribution >= 4 is 23.5 Å². The van der Waals surface area contributed by atoms with Crippen molar-refractivity contribution in [3.8, 4) is 0 Å². The van der Waals surface area contributed by atoms with E-state index in [0.717, 1.165) is 5.56 Å². The molecule has 8 nitrogen and oxygen atoms in total. The minimum atomic E-state index is -0.608. The van der Waals surface area contributed by atoms with Crippen molar-refractivity contribution < 1.29 is 24.2 Å². The highest BCUT2D eigenvalue weighted by molar-refractivity contribution is 5.96. The van der Waals surface area contributed by atoms with E-state index in [4.69, 9.17) is 15.6 Å². The Balaban J connectivity index is 2.66. The van der Waals surface area contributed by atoms with Crippen molar-refractivity contribution in [3.05, 3.63) is 29.8 Å². The highest BCUT2D eigenvalue weighted by atomic mass is 16.6. The predicted molar refractivity (Wildman–Crippen MR) is 125 cm³/mol. The second-order valence-electron chi connectivity index (χ2n) is 9.41. The van der Waals surface area contributed by atoms with E-state index in [2.05, 4.69) is 10.6 Å². The Morgan fingerprint density at radius 2 is 1.72 bits per heavy atom. The van der Waals surface area contributed by atoms with Crippen LogP contribution >= 0.6 is 0 Å². The Hall–Kier alpha value is -2.45. The van der Waals surface area contributed by atoms with Gasteiger partial charge in [0, 0.05) is 24.6 Å². The Morgan fingerprint density at radius 3 is 2.25 bits per heavy atom. The van der Waals surface area contributed by atoms with Crippen LogP contribution in [0.2, 0.25) is 0 Å². The molecule has 8 heteroatoms. The van der Waals surface area contributed by atoms with Gasteiger partial charge in [0.15, 0.2) is 5.78 Å². The number of hydrogen-bond donors (Lipinski definition) is 4. The maximum Gasteiger partial charge on any atom is 0.407 e. The van der Waals surface area contributed by atoms with Gasteiger partial charge in [-0.1, -0.05) is 32.4 Å². The van der Waals surface area contributed by atoms with Crippen LogP contribution in [0.25, 0.3) is 0 Å². The monoisotopic (exact) mass is 449 g/mol. The molecule has 0 aliphatic carbocycles. The lowest BCUT2D eigenvalue weighted by Gasteiger charge is -2.21. The van der Waals surface area contributed by atoms with Crippen molar-refractivity contribution in [3.63, 3.8) is 0 Å². The van der Waals surface area contributed by atoms with E-state index in [1.807, 2.05) is 13.8 Å². The number of amides is 2. The molecule has 1 aromatic rings. The molecule has 0 radical (unpaired) electrons. The van der Waals surface area contributed by atoms with Crippen LogP contribution in [-0.2, 0) is 20.9 Å². The third-order valence-corrected chi connectivity index (χ3v) is 4.96. The molecule has 0 heterocycles. The predicted octanol–water partition coefficient (Wildman–Crippen LogP) is 3.37. The van der Waals surface area contributed by atoms with Gasteiger partial charge in [-0.3, -0.25) is 9.59 Å². The first-order valence-electron chi connectivity index (χ1n) is 11.2. The second kappa shape index (κ2) is 13.2. The Bertz CT molecular complexity index is 741. The summed E-state index contributed by atoms with van der Waals surface area (Å²) in [7, 11) is 0. The number of nitrogens with one attached hydrogen (secondary N) is 2. The first-order chi connectivity index (χ1) is 14.9. The lowest BCUT2D eigenvalue weighted by atomic mass is 9.89. The largest absolute Gasteiger partial charge is 0.444 e. The van der Waals surface area contributed by atoms with E-state index < -0.39 is 23.7 Å². The molecule has 0 saturated carbocycles. The summed E-state index contributed by atoms with van der Waals surface area (Å²) in [6.45, 7) is 9.50. The number of hydrogen-bond acceptors (Lipinski definition) is 6. The highest BCUT2D eigenvalue weighted by Crippen LogP contribution is 2.19. The zero-order valence-electron chi connectivity index (χ0n) is 19.9. The minimum absolute atomic E-state index is 0.00438. The van der Waals surface area contributed by atoms with E-state index in [9.17, 15) is 14.4 Å². The number of carbonyl (C=O) groups is 3. The Morgan fingerprint density at radius 1 is 1.09 bits per heavy atom. The van der Waals surface area contributed by atoms with Gasteiger partial charge in [0.2, 0.25) is 5.91 Å². The quantitative estimate of drug-likeness (QED) is 0.362. The summed E-state index contributed by atoms with van der Waals surface area (Å²) in [6, 6.07) is 6.28. The fourth-order valence-corrected chi connectivity index (χ4v) is 3.03. The number of nitrogens with two attached hydrogens (primary N) is 1. The molecule has 1 rings (SSSR count). The molecule has 2 atom stereocenters. The standard InChI is InChI=1S/C24H39N3O5/c1-16(2)21(25)20(29)14-18(8-6-7-13-26-23(31)32-24(3,4)5)22(30)27-19-11-9-17(15-28)10-12-19/h9-12,16,18,21,28H,6-8,13-15,25H2,1-5H3,(H,26,31)(H,27,30)/t18-,21+/m1/s1. The molecule has 180 valence electrons. The number of carbonyl (C=O) groups excluding carboxylic acids is 3. The second-order valence-corrected chi connectivity index (χ2v) is 9.41. The van der Waals surface area contributed by atoms with Gasteiger partial charge >= 0.3 is 6.09 Å². The third-order valence-electron chi connectivity index (χ3n) is 4.96. The molecule has 0 bridgehead atoms. The lowest BCUT2D eigenvalue weighted by Crippen LogP contribution is -2.38. The van der Waals surface area contributed by atoms with Gasteiger partial charge < -0.3 is 26.2 Å². The summed E-state index contributed by atoms with van der Waals surface area (Å²) in [5.41, 5.74) is 6.78. The molecule has 0 spiro atoms. The molecule has 0 unspecified atom stereocenters. The number of alkyl carbamates (subject to hydrolysis) is 1. The van der Waals surface area contributed by atoms with Crippen molar-refractivity contribution in [1.82, 2.24) is 5.32 Å². The van der Waals surface area contributed by atoms with Crippen LogP contribution in [0, 0.1) is 11.8 Å². The van der Waals surface area contributed by atoms with Crippen LogP contribution in [-0.4, -0.2) is 41.1 Å². The Labute approximate surface area is 191 Å². The summed E-state index contributed by atoms with van der Waals surface area (Å²) in [6.07, 6.45) is 1.39. The number of aliphatic hydroxyl groups excluding tert-OH is 1. The molecule has 0 fully saturated rings. The van der Waals surface area contributed by atoms with Gasteiger partial charge in [-0.2, -0.15) is 0 Å². The van der Waals surface area contributed by atoms with Gasteiger partial charge in [-0.15, -0.1) is 0 Å². The van der Waals surface area contributed by atoms with E-state index >= 15 is 0 Å². The lowest BCUT2D eigenvalue weighted by molar-refractivity contribution is -0.127. The molecule has 2 amide bonds. The van der Waals surface area contributed by atoms with Crippen LogP contribution in [0.3, 0.4) is 0 Å². The number of unbranched alkanes of at least 4 members (excludes halogenated alkanes) is 1. The van der Waals surface area contributed by atoms with Crippen molar-refractivity contribution in [2.45, 2.75) is 78.6 Å². The topological polar surface area (TPSA) is 131 Å². The van der Waals surface area contributed by atoms with E-state index in [1.165, 1.54) is 0 Å². The van der Waals surface area contributed by atoms with Gasteiger partial charge in [0.25, 0.3) is 0 Å². The number of ether oxygens (including phenoxy) is 1. The van der Waals surface area contributed by atoms with Crippen molar-refractivity contribution in [2.24, 2.45) is 17.6 Å². The molecular weight excluding hydrogens is 410 g/mol. The number of ketones is 1. The van der Waals surface area contributed by atoms with Gasteiger partial charge in [-0.05, 0) is 57.2 Å². The summed E-state index contributed by atoms with van der Waals surface area (Å²) >= 11 is 0. The molecule has 0 aromatic heterocycles.